The average Bonchev–Trinajstić information content (AvgIpc) is 1.96. The van der Waals surface area contributed by atoms with Crippen LogP contribution in [-0.4, -0.2) is 31.9 Å². The molecule has 0 aromatic carbocycles. The number of ether oxygens (including phenoxy) is 1. The summed E-state index contributed by atoms with van der Waals surface area (Å²) in [5, 5.41) is 0. The number of halogens is 5. The molecule has 2 N–H and O–H groups in total. The van der Waals surface area contributed by atoms with Crippen molar-refractivity contribution in [1.29, 1.82) is 0 Å². The zero-order chi connectivity index (χ0) is 10.5. The number of alkyl halides is 5. The van der Waals surface area contributed by atoms with Gasteiger partial charge in [-0.1, -0.05) is 0 Å². The molecular formula is C6H10F5NO. The monoisotopic (exact) mass is 207 g/mol. The quantitative estimate of drug-likeness (QED) is 0.548. The minimum Gasteiger partial charge on any atom is -0.375 e. The van der Waals surface area contributed by atoms with Crippen molar-refractivity contribution in [1.82, 2.24) is 0 Å². The van der Waals surface area contributed by atoms with Crippen molar-refractivity contribution in [2.45, 2.75) is 18.5 Å². The van der Waals surface area contributed by atoms with Crippen LogP contribution in [0.5, 0.6) is 0 Å². The molecule has 0 aliphatic heterocycles. The third kappa shape index (κ3) is 4.37. The van der Waals surface area contributed by atoms with Gasteiger partial charge in [0.15, 0.2) is 0 Å². The summed E-state index contributed by atoms with van der Waals surface area (Å²) in [6, 6.07) is 0. The average molecular weight is 207 g/mol. The normalized spacial score (nSPS) is 13.4. The van der Waals surface area contributed by atoms with Gasteiger partial charge in [-0.3, -0.25) is 0 Å². The van der Waals surface area contributed by atoms with Crippen molar-refractivity contribution < 1.29 is 26.7 Å². The fraction of sp³-hybridized carbons (Fsp3) is 1.00. The molecule has 2 nitrogen and oxygen atoms in total. The summed E-state index contributed by atoms with van der Waals surface area (Å²) >= 11 is 0. The standard InChI is InChI=1S/C6H10F5NO/c7-5(8,6(9,10)11)4-13-3-1-2-12/h1-4,12H2. The molecule has 0 bridgehead atoms. The Hall–Kier alpha value is -0.430. The van der Waals surface area contributed by atoms with Gasteiger partial charge >= 0.3 is 12.1 Å². The summed E-state index contributed by atoms with van der Waals surface area (Å²) in [5.74, 6) is -4.78. The van der Waals surface area contributed by atoms with Gasteiger partial charge in [0.2, 0.25) is 0 Å². The fourth-order valence-electron chi connectivity index (χ4n) is 0.468. The Morgan fingerprint density at radius 1 is 1.08 bits per heavy atom. The van der Waals surface area contributed by atoms with Crippen LogP contribution >= 0.6 is 0 Å². The van der Waals surface area contributed by atoms with Gasteiger partial charge in [0.1, 0.15) is 6.61 Å². The number of rotatable bonds is 5. The highest BCUT2D eigenvalue weighted by atomic mass is 19.4. The summed E-state index contributed by atoms with van der Waals surface area (Å²) in [4.78, 5) is 0. The van der Waals surface area contributed by atoms with Crippen LogP contribution in [0.1, 0.15) is 6.42 Å². The molecule has 0 aromatic rings. The molecule has 0 spiro atoms. The van der Waals surface area contributed by atoms with E-state index in [1.54, 1.807) is 0 Å². The van der Waals surface area contributed by atoms with Crippen LogP contribution in [0.4, 0.5) is 22.0 Å². The second-order valence-electron chi connectivity index (χ2n) is 2.40. The zero-order valence-corrected chi connectivity index (χ0v) is 6.70. The summed E-state index contributed by atoms with van der Waals surface area (Å²) in [5.41, 5.74) is 4.97. The lowest BCUT2D eigenvalue weighted by Gasteiger charge is -2.19. The molecule has 13 heavy (non-hydrogen) atoms. The zero-order valence-electron chi connectivity index (χ0n) is 6.70. The minimum absolute atomic E-state index is 0.192. The molecule has 0 aromatic heterocycles. The second-order valence-corrected chi connectivity index (χ2v) is 2.40. The highest BCUT2D eigenvalue weighted by molar-refractivity contribution is 4.74. The van der Waals surface area contributed by atoms with Crippen molar-refractivity contribution >= 4 is 0 Å². The summed E-state index contributed by atoms with van der Waals surface area (Å²) in [6.45, 7) is -1.64. The number of hydrogen-bond acceptors (Lipinski definition) is 2. The van der Waals surface area contributed by atoms with Crippen molar-refractivity contribution in [2.75, 3.05) is 19.8 Å². The molecule has 0 fully saturated rings. The highest BCUT2D eigenvalue weighted by Crippen LogP contribution is 2.35. The Bertz CT molecular complexity index is 146. The van der Waals surface area contributed by atoms with E-state index in [1.807, 2.05) is 0 Å². The Balaban J connectivity index is 3.77. The van der Waals surface area contributed by atoms with Crippen LogP contribution in [0, 0.1) is 0 Å². The molecule has 0 saturated carbocycles. The van der Waals surface area contributed by atoms with Crippen LogP contribution in [-0.2, 0) is 4.74 Å². The minimum atomic E-state index is -5.55. The third-order valence-electron chi connectivity index (χ3n) is 1.19. The maximum absolute atomic E-state index is 12.1. The van der Waals surface area contributed by atoms with E-state index in [4.69, 9.17) is 5.73 Å². The van der Waals surface area contributed by atoms with Gasteiger partial charge in [-0.2, -0.15) is 22.0 Å². The Morgan fingerprint density at radius 3 is 2.00 bits per heavy atom. The first kappa shape index (κ1) is 12.6. The van der Waals surface area contributed by atoms with Gasteiger partial charge in [0.25, 0.3) is 0 Å². The molecule has 0 rings (SSSR count). The Morgan fingerprint density at radius 2 is 1.62 bits per heavy atom. The first-order valence-corrected chi connectivity index (χ1v) is 3.53. The number of nitrogens with two attached hydrogens (primary N) is 1. The van der Waals surface area contributed by atoms with Gasteiger partial charge < -0.3 is 10.5 Å². The third-order valence-corrected chi connectivity index (χ3v) is 1.19. The van der Waals surface area contributed by atoms with Crippen molar-refractivity contribution in [3.8, 4) is 0 Å². The molecule has 0 heterocycles. The van der Waals surface area contributed by atoms with E-state index < -0.39 is 18.7 Å². The van der Waals surface area contributed by atoms with Gasteiger partial charge in [0.05, 0.1) is 0 Å². The van der Waals surface area contributed by atoms with E-state index in [-0.39, 0.29) is 19.6 Å². The van der Waals surface area contributed by atoms with E-state index in [2.05, 4.69) is 4.74 Å². The van der Waals surface area contributed by atoms with E-state index in [0.717, 1.165) is 0 Å². The number of hydrogen-bond donors (Lipinski definition) is 1. The van der Waals surface area contributed by atoms with Crippen LogP contribution in [0.15, 0.2) is 0 Å². The molecule has 0 atom stereocenters. The molecule has 0 unspecified atom stereocenters. The molecule has 80 valence electrons. The lowest BCUT2D eigenvalue weighted by Crippen LogP contribution is -2.40. The van der Waals surface area contributed by atoms with E-state index in [1.165, 1.54) is 0 Å². The van der Waals surface area contributed by atoms with E-state index in [9.17, 15) is 22.0 Å². The first-order valence-electron chi connectivity index (χ1n) is 3.53. The summed E-state index contributed by atoms with van der Waals surface area (Å²) < 4.78 is 62.7. The van der Waals surface area contributed by atoms with Gasteiger partial charge in [0, 0.05) is 6.61 Å². The smallest absolute Gasteiger partial charge is 0.375 e. The highest BCUT2D eigenvalue weighted by Gasteiger charge is 2.57. The Labute approximate surface area is 71.8 Å². The van der Waals surface area contributed by atoms with Crippen molar-refractivity contribution in [2.24, 2.45) is 5.73 Å². The molecule has 0 amide bonds. The van der Waals surface area contributed by atoms with Crippen LogP contribution in [0.25, 0.3) is 0 Å². The Kier molecular flexibility index (Phi) is 4.55. The van der Waals surface area contributed by atoms with Crippen LogP contribution in [0.3, 0.4) is 0 Å². The van der Waals surface area contributed by atoms with Crippen molar-refractivity contribution in [3.63, 3.8) is 0 Å². The van der Waals surface area contributed by atoms with Gasteiger partial charge in [-0.25, -0.2) is 0 Å². The van der Waals surface area contributed by atoms with Crippen LogP contribution in [0.2, 0.25) is 0 Å². The molecule has 7 heteroatoms. The molecule has 0 aliphatic carbocycles. The van der Waals surface area contributed by atoms with E-state index >= 15 is 0 Å². The molecular weight excluding hydrogens is 197 g/mol. The SMILES string of the molecule is NCCCOCC(F)(F)C(F)(F)F. The maximum Gasteiger partial charge on any atom is 0.455 e. The predicted molar refractivity (Wildman–Crippen MR) is 35.5 cm³/mol. The first-order chi connectivity index (χ1) is 5.81. The maximum atomic E-state index is 12.1. The molecule has 0 radical (unpaired) electrons. The van der Waals surface area contributed by atoms with Gasteiger partial charge in [-0.05, 0) is 13.0 Å². The fourth-order valence-corrected chi connectivity index (χ4v) is 0.468. The topological polar surface area (TPSA) is 35.2 Å². The largest absolute Gasteiger partial charge is 0.455 e. The second kappa shape index (κ2) is 4.71. The lowest BCUT2D eigenvalue weighted by molar-refractivity contribution is -0.296. The predicted octanol–water partition coefficient (Wildman–Crippen LogP) is 1.55. The van der Waals surface area contributed by atoms with Gasteiger partial charge in [-0.15, -0.1) is 0 Å². The van der Waals surface area contributed by atoms with Crippen LogP contribution < -0.4 is 5.73 Å². The lowest BCUT2D eigenvalue weighted by atomic mass is 10.3. The molecule has 0 aliphatic rings. The molecule has 0 saturated heterocycles. The summed E-state index contributed by atoms with van der Waals surface area (Å²) in [6.07, 6.45) is -5.29. The van der Waals surface area contributed by atoms with E-state index in [0.29, 0.717) is 0 Å². The summed E-state index contributed by atoms with van der Waals surface area (Å²) in [7, 11) is 0. The van der Waals surface area contributed by atoms with Crippen molar-refractivity contribution in [3.05, 3.63) is 0 Å².